The van der Waals surface area contributed by atoms with Gasteiger partial charge < -0.3 is 99.2 Å². The molecular weight excluding hydrogens is 864 g/mol. The van der Waals surface area contributed by atoms with Crippen molar-refractivity contribution in [1.82, 2.24) is 0 Å². The quantitative estimate of drug-likeness (QED) is 0.0507. The maximum atomic E-state index is 12.5. The third-order valence-corrected chi connectivity index (χ3v) is 14.3. The number of allylic oxidation sites excluding steroid dienone is 1. The fourth-order valence-electron chi connectivity index (χ4n) is 10.0. The van der Waals surface area contributed by atoms with E-state index in [-0.39, 0.29) is 43.4 Å². The number of aliphatic hydroxyl groups is 12. The summed E-state index contributed by atoms with van der Waals surface area (Å²) in [5.41, 5.74) is 0. The van der Waals surface area contributed by atoms with Crippen LogP contribution in [0.4, 0.5) is 0 Å². The van der Waals surface area contributed by atoms with Gasteiger partial charge in [-0.3, -0.25) is 0 Å². The maximum absolute atomic E-state index is 12.5. The van der Waals surface area contributed by atoms with Crippen LogP contribution in [0.2, 0.25) is 0 Å². The Morgan fingerprint density at radius 1 is 0.603 bits per heavy atom. The normalized spacial score (nSPS) is 51.1. The topological polar surface area (TPSA) is 334 Å². The van der Waals surface area contributed by atoms with Crippen LogP contribution in [-0.4, -0.2) is 221 Å². The number of esters is 1. The molecule has 23 atom stereocenters. The lowest BCUT2D eigenvalue weighted by Gasteiger charge is -2.51. The molecule has 0 aromatic rings. The first-order valence-electron chi connectivity index (χ1n) is 22.1. The van der Waals surface area contributed by atoms with E-state index in [1.54, 1.807) is 6.08 Å². The van der Waals surface area contributed by atoms with Crippen molar-refractivity contribution in [2.45, 2.75) is 198 Å². The molecule has 0 bridgehead atoms. The number of hydrogen-bond acceptors (Lipinski definition) is 21. The summed E-state index contributed by atoms with van der Waals surface area (Å²) in [4.78, 5) is 12.5. The second-order valence-electron chi connectivity index (χ2n) is 18.3. The summed E-state index contributed by atoms with van der Waals surface area (Å²) >= 11 is 6.17. The van der Waals surface area contributed by atoms with Crippen molar-refractivity contribution >= 4 is 17.6 Å². The Bertz CT molecular complexity index is 1490. The van der Waals surface area contributed by atoms with E-state index in [0.717, 1.165) is 25.7 Å². The van der Waals surface area contributed by atoms with E-state index in [1.165, 1.54) is 6.08 Å². The minimum absolute atomic E-state index is 0.0780. The van der Waals surface area contributed by atoms with Gasteiger partial charge in [0, 0.05) is 17.4 Å². The Morgan fingerprint density at radius 2 is 1.29 bits per heavy atom. The van der Waals surface area contributed by atoms with Gasteiger partial charge in [-0.2, -0.15) is 0 Å². The van der Waals surface area contributed by atoms with Crippen molar-refractivity contribution in [2.75, 3.05) is 19.8 Å². The van der Waals surface area contributed by atoms with Crippen LogP contribution in [-0.2, 0) is 42.7 Å². The van der Waals surface area contributed by atoms with Crippen LogP contribution in [0.5, 0.6) is 0 Å². The molecule has 4 saturated heterocycles. The average Bonchev–Trinajstić information content (AvgIpc) is 3.25. The van der Waals surface area contributed by atoms with Crippen molar-refractivity contribution in [3.63, 3.8) is 0 Å². The number of aliphatic hydroxyl groups excluding tert-OH is 12. The molecule has 362 valence electrons. The van der Waals surface area contributed by atoms with Crippen LogP contribution in [0.15, 0.2) is 12.2 Å². The highest BCUT2D eigenvalue weighted by Gasteiger charge is 2.55. The lowest BCUT2D eigenvalue weighted by Crippen LogP contribution is -2.65. The molecular formula is C41H65ClO21. The van der Waals surface area contributed by atoms with Gasteiger partial charge in [0.25, 0.3) is 0 Å². The highest BCUT2D eigenvalue weighted by Crippen LogP contribution is 2.44. The van der Waals surface area contributed by atoms with Crippen LogP contribution < -0.4 is 0 Å². The molecule has 4 aliphatic heterocycles. The van der Waals surface area contributed by atoms with Gasteiger partial charge >= 0.3 is 5.97 Å². The van der Waals surface area contributed by atoms with Gasteiger partial charge in [0.05, 0.1) is 55.9 Å². The standard InChI is InChI=1S/C41H65ClO21/c42-18-5-1-16(2-6-18)3-8-29(48)56-14-27-31(50)33(52)36(55)39(61-27)58-15-28-32(51)34(53)38(63-40-35(54)30(49)24(47)13-57-40)41(62-28)60-26-12-20-22(45)10-19(43)11-25(20)59-37(26)17-4-7-21(44)23(46)9-17/h3,8,16-28,30-41,43-47,49-55H,1-2,4-7,9-15H2. The molecule has 0 aromatic carbocycles. The van der Waals surface area contributed by atoms with Gasteiger partial charge in [0.2, 0.25) is 0 Å². The Labute approximate surface area is 369 Å². The van der Waals surface area contributed by atoms with Crippen LogP contribution in [0.25, 0.3) is 0 Å². The van der Waals surface area contributed by atoms with Gasteiger partial charge in [-0.15, -0.1) is 11.6 Å². The monoisotopic (exact) mass is 928 g/mol. The van der Waals surface area contributed by atoms with Gasteiger partial charge in [0.15, 0.2) is 18.9 Å². The Hall–Kier alpha value is -1.26. The largest absolute Gasteiger partial charge is 0.460 e. The molecule has 0 amide bonds. The molecule has 7 rings (SSSR count). The molecule has 3 aliphatic carbocycles. The maximum Gasteiger partial charge on any atom is 0.330 e. The molecule has 23 unspecified atom stereocenters. The fourth-order valence-corrected chi connectivity index (χ4v) is 10.3. The molecule has 0 aromatic heterocycles. The molecule has 0 spiro atoms. The first-order chi connectivity index (χ1) is 30.0. The van der Waals surface area contributed by atoms with Crippen LogP contribution in [0.3, 0.4) is 0 Å². The number of rotatable bonds is 12. The first kappa shape index (κ1) is 49.6. The van der Waals surface area contributed by atoms with Gasteiger partial charge in [0.1, 0.15) is 73.8 Å². The SMILES string of the molecule is O=C(C=CC1CCC(Cl)CC1)OCC1OC(OCC2OC(OC3CC4C(O)CC(O)CC4OC3C3CCC(O)C(O)C3)C(OC3OCC(O)C(O)C3O)C(O)C2O)C(O)C(O)C1O. The average molecular weight is 929 g/mol. The third kappa shape index (κ3) is 11.7. The van der Waals surface area contributed by atoms with Crippen LogP contribution >= 0.6 is 11.6 Å². The minimum Gasteiger partial charge on any atom is -0.460 e. The van der Waals surface area contributed by atoms with Crippen molar-refractivity contribution in [3.8, 4) is 0 Å². The number of fused-ring (bicyclic) bond motifs is 1. The Morgan fingerprint density at radius 3 is 2.02 bits per heavy atom. The van der Waals surface area contributed by atoms with E-state index in [2.05, 4.69) is 0 Å². The first-order valence-corrected chi connectivity index (χ1v) is 22.6. The molecule has 7 fully saturated rings. The summed E-state index contributed by atoms with van der Waals surface area (Å²) in [5.74, 6) is -1.49. The zero-order chi connectivity index (χ0) is 45.3. The van der Waals surface area contributed by atoms with Crippen LogP contribution in [0.1, 0.15) is 64.2 Å². The van der Waals surface area contributed by atoms with Crippen molar-refractivity contribution in [1.29, 1.82) is 0 Å². The van der Waals surface area contributed by atoms with E-state index >= 15 is 0 Å². The van der Waals surface area contributed by atoms with E-state index in [1.807, 2.05) is 0 Å². The second-order valence-corrected chi connectivity index (χ2v) is 19.0. The molecule has 7 aliphatic rings. The lowest BCUT2D eigenvalue weighted by molar-refractivity contribution is -0.376. The second kappa shape index (κ2) is 21.8. The molecule has 12 N–H and O–H groups in total. The summed E-state index contributed by atoms with van der Waals surface area (Å²) in [6.45, 7) is -1.65. The summed E-state index contributed by atoms with van der Waals surface area (Å²) in [7, 11) is 0. The highest BCUT2D eigenvalue weighted by atomic mass is 35.5. The lowest BCUT2D eigenvalue weighted by atomic mass is 9.72. The number of ether oxygens (including phenoxy) is 8. The minimum atomic E-state index is -1.90. The Balaban J connectivity index is 1.06. The fraction of sp³-hybridized carbons (Fsp3) is 0.927. The summed E-state index contributed by atoms with van der Waals surface area (Å²) in [5, 5.41) is 129. The van der Waals surface area contributed by atoms with E-state index in [9.17, 15) is 66.1 Å². The van der Waals surface area contributed by atoms with Crippen molar-refractivity contribution in [2.24, 2.45) is 17.8 Å². The van der Waals surface area contributed by atoms with Crippen molar-refractivity contribution < 1.29 is 104 Å². The zero-order valence-electron chi connectivity index (χ0n) is 34.7. The van der Waals surface area contributed by atoms with E-state index < -0.39 is 166 Å². The van der Waals surface area contributed by atoms with Crippen molar-refractivity contribution in [3.05, 3.63) is 12.2 Å². The summed E-state index contributed by atoms with van der Waals surface area (Å²) < 4.78 is 47.5. The Kier molecular flexibility index (Phi) is 17.2. The number of carbonyl (C=O) groups is 1. The number of carbonyl (C=O) groups excluding carboxylic acids is 1. The molecule has 63 heavy (non-hydrogen) atoms. The molecule has 22 heteroatoms. The predicted octanol–water partition coefficient (Wildman–Crippen LogP) is -3.83. The number of alkyl halides is 1. The van der Waals surface area contributed by atoms with Gasteiger partial charge in [-0.25, -0.2) is 4.79 Å². The van der Waals surface area contributed by atoms with Gasteiger partial charge in [-0.05, 0) is 76.0 Å². The number of hydrogen-bond donors (Lipinski definition) is 12. The van der Waals surface area contributed by atoms with E-state index in [0.29, 0.717) is 6.42 Å². The number of halogens is 1. The zero-order valence-corrected chi connectivity index (χ0v) is 35.5. The molecule has 4 heterocycles. The molecule has 21 nitrogen and oxygen atoms in total. The van der Waals surface area contributed by atoms with Crippen LogP contribution in [0, 0.1) is 17.8 Å². The highest BCUT2D eigenvalue weighted by molar-refractivity contribution is 6.20. The third-order valence-electron chi connectivity index (χ3n) is 13.9. The predicted molar refractivity (Wildman–Crippen MR) is 210 cm³/mol. The van der Waals surface area contributed by atoms with Gasteiger partial charge in [-0.1, -0.05) is 6.08 Å². The summed E-state index contributed by atoms with van der Waals surface area (Å²) in [6, 6.07) is 0. The summed E-state index contributed by atoms with van der Waals surface area (Å²) in [6.07, 6.45) is -22.4. The molecule has 3 saturated carbocycles. The molecule has 0 radical (unpaired) electrons. The smallest absolute Gasteiger partial charge is 0.330 e. The van der Waals surface area contributed by atoms with E-state index in [4.69, 9.17) is 49.5 Å².